The molecular formula is C21H25N3O2. The van der Waals surface area contributed by atoms with E-state index in [1.54, 1.807) is 12.4 Å². The lowest BCUT2D eigenvalue weighted by atomic mass is 9.87. The fourth-order valence-corrected chi connectivity index (χ4v) is 2.84. The number of nitrogens with one attached hydrogen (secondary N) is 2. The lowest BCUT2D eigenvalue weighted by Crippen LogP contribution is -2.39. The first-order valence-corrected chi connectivity index (χ1v) is 8.90. The summed E-state index contributed by atoms with van der Waals surface area (Å²) in [6, 6.07) is 11.5. The standard InChI is InChI=1S/C21H25N3O2/c1-20(2,3)16-4-6-17(7-5-16)24-19(26)21(10-11-21)18(25)23-14-15-8-12-22-13-9-15/h4-9,12-13H,10-11,14H2,1-3H3,(H,23,25)(H,24,26). The van der Waals surface area contributed by atoms with Crippen LogP contribution >= 0.6 is 0 Å². The molecule has 2 amide bonds. The van der Waals surface area contributed by atoms with Gasteiger partial charge in [-0.1, -0.05) is 32.9 Å². The zero-order chi connectivity index (χ0) is 18.8. The summed E-state index contributed by atoms with van der Waals surface area (Å²) in [6.07, 6.45) is 4.53. The van der Waals surface area contributed by atoms with Crippen molar-refractivity contribution in [3.05, 3.63) is 59.9 Å². The molecule has 5 nitrogen and oxygen atoms in total. The molecule has 136 valence electrons. The second-order valence-corrected chi connectivity index (χ2v) is 7.90. The topological polar surface area (TPSA) is 71.1 Å². The number of aromatic nitrogens is 1. The highest BCUT2D eigenvalue weighted by molar-refractivity contribution is 6.13. The van der Waals surface area contributed by atoms with E-state index >= 15 is 0 Å². The Bertz CT molecular complexity index is 788. The van der Waals surface area contributed by atoms with Crippen molar-refractivity contribution in [3.63, 3.8) is 0 Å². The van der Waals surface area contributed by atoms with Crippen LogP contribution < -0.4 is 10.6 Å². The molecule has 1 fully saturated rings. The van der Waals surface area contributed by atoms with Gasteiger partial charge < -0.3 is 10.6 Å². The molecule has 0 radical (unpaired) electrons. The first-order chi connectivity index (χ1) is 12.3. The number of amides is 2. The SMILES string of the molecule is CC(C)(C)c1ccc(NC(=O)C2(C(=O)NCc3ccncc3)CC2)cc1. The zero-order valence-corrected chi connectivity index (χ0v) is 15.5. The minimum Gasteiger partial charge on any atom is -0.351 e. The van der Waals surface area contributed by atoms with Crippen LogP contribution in [0.15, 0.2) is 48.8 Å². The molecule has 26 heavy (non-hydrogen) atoms. The third-order valence-electron chi connectivity index (χ3n) is 4.83. The first kappa shape index (κ1) is 18.1. The number of rotatable bonds is 5. The van der Waals surface area contributed by atoms with Crippen LogP contribution in [0.4, 0.5) is 5.69 Å². The number of anilines is 1. The van der Waals surface area contributed by atoms with E-state index in [0.717, 1.165) is 11.3 Å². The van der Waals surface area contributed by atoms with Crippen molar-refractivity contribution in [2.24, 2.45) is 5.41 Å². The van der Waals surface area contributed by atoms with Crippen molar-refractivity contribution >= 4 is 17.5 Å². The quantitative estimate of drug-likeness (QED) is 0.811. The number of pyridine rings is 1. The van der Waals surface area contributed by atoms with Crippen molar-refractivity contribution in [2.75, 3.05) is 5.32 Å². The van der Waals surface area contributed by atoms with Gasteiger partial charge in [-0.2, -0.15) is 0 Å². The lowest BCUT2D eigenvalue weighted by molar-refractivity contribution is -0.134. The normalized spacial score (nSPS) is 15.2. The summed E-state index contributed by atoms with van der Waals surface area (Å²) in [4.78, 5) is 29.1. The summed E-state index contributed by atoms with van der Waals surface area (Å²) >= 11 is 0. The molecule has 0 spiro atoms. The average molecular weight is 351 g/mol. The van der Waals surface area contributed by atoms with Gasteiger partial charge in [-0.15, -0.1) is 0 Å². The Hall–Kier alpha value is -2.69. The molecular weight excluding hydrogens is 326 g/mol. The monoisotopic (exact) mass is 351 g/mol. The molecule has 1 saturated carbocycles. The maximum atomic E-state index is 12.6. The van der Waals surface area contributed by atoms with Crippen LogP contribution in [-0.4, -0.2) is 16.8 Å². The Morgan fingerprint density at radius 2 is 1.62 bits per heavy atom. The van der Waals surface area contributed by atoms with E-state index in [1.165, 1.54) is 5.56 Å². The third-order valence-corrected chi connectivity index (χ3v) is 4.83. The van der Waals surface area contributed by atoms with Gasteiger partial charge in [0.2, 0.25) is 11.8 Å². The summed E-state index contributed by atoms with van der Waals surface area (Å²) in [5, 5.41) is 5.76. The van der Waals surface area contributed by atoms with E-state index in [-0.39, 0.29) is 17.2 Å². The van der Waals surface area contributed by atoms with E-state index in [4.69, 9.17) is 0 Å². The van der Waals surface area contributed by atoms with Crippen LogP contribution in [0.2, 0.25) is 0 Å². The van der Waals surface area contributed by atoms with Crippen LogP contribution in [0.1, 0.15) is 44.7 Å². The molecule has 2 N–H and O–H groups in total. The maximum Gasteiger partial charge on any atom is 0.240 e. The van der Waals surface area contributed by atoms with Crippen molar-refractivity contribution < 1.29 is 9.59 Å². The van der Waals surface area contributed by atoms with Crippen molar-refractivity contribution in [2.45, 2.75) is 45.6 Å². The number of benzene rings is 1. The van der Waals surface area contributed by atoms with E-state index in [1.807, 2.05) is 36.4 Å². The summed E-state index contributed by atoms with van der Waals surface area (Å²) < 4.78 is 0. The van der Waals surface area contributed by atoms with Crippen LogP contribution in [0.25, 0.3) is 0 Å². The minimum atomic E-state index is -0.935. The van der Waals surface area contributed by atoms with Gasteiger partial charge in [0, 0.05) is 24.6 Å². The smallest absolute Gasteiger partial charge is 0.240 e. The van der Waals surface area contributed by atoms with Gasteiger partial charge in [0.05, 0.1) is 0 Å². The highest BCUT2D eigenvalue weighted by Gasteiger charge is 2.56. The van der Waals surface area contributed by atoms with Gasteiger partial charge in [0.1, 0.15) is 5.41 Å². The van der Waals surface area contributed by atoms with Gasteiger partial charge in [0.15, 0.2) is 0 Å². The number of nitrogens with zero attached hydrogens (tertiary/aromatic N) is 1. The predicted octanol–water partition coefficient (Wildman–Crippen LogP) is 3.41. The van der Waals surface area contributed by atoms with Crippen molar-refractivity contribution in [3.8, 4) is 0 Å². The first-order valence-electron chi connectivity index (χ1n) is 8.90. The second kappa shape index (κ2) is 6.90. The molecule has 0 aliphatic heterocycles. The van der Waals surface area contributed by atoms with Crippen LogP contribution in [-0.2, 0) is 21.5 Å². The van der Waals surface area contributed by atoms with Gasteiger partial charge in [-0.05, 0) is 53.6 Å². The minimum absolute atomic E-state index is 0.0626. The largest absolute Gasteiger partial charge is 0.351 e. The van der Waals surface area contributed by atoms with Gasteiger partial charge in [-0.3, -0.25) is 14.6 Å². The average Bonchev–Trinajstić information content (AvgIpc) is 3.42. The molecule has 1 aliphatic carbocycles. The lowest BCUT2D eigenvalue weighted by Gasteiger charge is -2.20. The number of hydrogen-bond acceptors (Lipinski definition) is 3. The summed E-state index contributed by atoms with van der Waals surface area (Å²) in [7, 11) is 0. The summed E-state index contributed by atoms with van der Waals surface area (Å²) in [6.45, 7) is 6.84. The summed E-state index contributed by atoms with van der Waals surface area (Å²) in [5.41, 5.74) is 2.01. The van der Waals surface area contributed by atoms with Crippen molar-refractivity contribution in [1.82, 2.24) is 10.3 Å². The Morgan fingerprint density at radius 1 is 1.00 bits per heavy atom. The summed E-state index contributed by atoms with van der Waals surface area (Å²) in [5.74, 6) is -0.439. The Labute approximate surface area is 154 Å². The number of hydrogen-bond donors (Lipinski definition) is 2. The molecule has 1 aliphatic rings. The van der Waals surface area contributed by atoms with Gasteiger partial charge in [0.25, 0.3) is 0 Å². The highest BCUT2D eigenvalue weighted by Crippen LogP contribution is 2.47. The van der Waals surface area contributed by atoms with Gasteiger partial charge in [-0.25, -0.2) is 0 Å². The molecule has 1 aromatic heterocycles. The second-order valence-electron chi connectivity index (χ2n) is 7.90. The maximum absolute atomic E-state index is 12.6. The highest BCUT2D eigenvalue weighted by atomic mass is 16.2. The van der Waals surface area contributed by atoms with E-state index in [0.29, 0.717) is 19.4 Å². The Kier molecular flexibility index (Phi) is 4.81. The fourth-order valence-electron chi connectivity index (χ4n) is 2.84. The van der Waals surface area contributed by atoms with E-state index in [9.17, 15) is 9.59 Å². The van der Waals surface area contributed by atoms with E-state index in [2.05, 4.69) is 36.4 Å². The molecule has 3 rings (SSSR count). The molecule has 1 aromatic carbocycles. The molecule has 0 atom stereocenters. The molecule has 5 heteroatoms. The van der Waals surface area contributed by atoms with Crippen molar-refractivity contribution in [1.29, 1.82) is 0 Å². The zero-order valence-electron chi connectivity index (χ0n) is 15.5. The van der Waals surface area contributed by atoms with Gasteiger partial charge >= 0.3 is 0 Å². The molecule has 0 saturated heterocycles. The number of carbonyl (C=O) groups is 2. The molecule has 2 aromatic rings. The molecule has 1 heterocycles. The molecule has 0 unspecified atom stereocenters. The van der Waals surface area contributed by atoms with E-state index < -0.39 is 5.41 Å². The molecule has 0 bridgehead atoms. The predicted molar refractivity (Wildman–Crippen MR) is 102 cm³/mol. The Balaban J connectivity index is 1.61. The van der Waals surface area contributed by atoms with Crippen LogP contribution in [0, 0.1) is 5.41 Å². The van der Waals surface area contributed by atoms with Crippen LogP contribution in [0.3, 0.4) is 0 Å². The third kappa shape index (κ3) is 3.93. The Morgan fingerprint density at radius 3 is 2.15 bits per heavy atom. The van der Waals surface area contributed by atoms with Crippen LogP contribution in [0.5, 0.6) is 0 Å². The fraction of sp³-hybridized carbons (Fsp3) is 0.381. The number of carbonyl (C=O) groups excluding carboxylic acids is 2.